The predicted molar refractivity (Wildman–Crippen MR) is 200 cm³/mol. The van der Waals surface area contributed by atoms with Gasteiger partial charge in [0.25, 0.3) is 0 Å². The zero-order chi connectivity index (χ0) is 34.6. The topological polar surface area (TPSA) is 76.1 Å². The maximum atomic E-state index is 12.5. The lowest BCUT2D eigenvalue weighted by atomic mass is 9.95. The second-order valence-corrected chi connectivity index (χ2v) is 14.5. The number of aliphatic hydroxyl groups is 1. The molecule has 0 aromatic carbocycles. The quantitative estimate of drug-likeness (QED) is 0.0525. The molecule has 0 fully saturated rings. The summed E-state index contributed by atoms with van der Waals surface area (Å²) < 4.78 is 11.3. The van der Waals surface area contributed by atoms with E-state index in [-0.39, 0.29) is 18.5 Å². The lowest BCUT2D eigenvalue weighted by molar-refractivity contribution is -0.146. The van der Waals surface area contributed by atoms with Crippen molar-refractivity contribution in [2.75, 3.05) is 39.5 Å². The van der Waals surface area contributed by atoms with Crippen molar-refractivity contribution in [1.29, 1.82) is 0 Å². The van der Waals surface area contributed by atoms with E-state index in [1.165, 1.54) is 103 Å². The Bertz CT molecular complexity index is 672. The van der Waals surface area contributed by atoms with Gasteiger partial charge in [-0.3, -0.25) is 9.59 Å². The Balaban J connectivity index is 4.20. The average Bonchev–Trinajstić information content (AvgIpc) is 3.07. The molecular formula is C41H81NO5. The second kappa shape index (κ2) is 36.1. The van der Waals surface area contributed by atoms with Gasteiger partial charge in [-0.1, -0.05) is 130 Å². The van der Waals surface area contributed by atoms with E-state index in [4.69, 9.17) is 9.47 Å². The lowest BCUT2D eigenvalue weighted by Crippen LogP contribution is -2.27. The molecular weight excluding hydrogens is 586 g/mol. The first-order valence-electron chi connectivity index (χ1n) is 20.6. The maximum Gasteiger partial charge on any atom is 0.305 e. The van der Waals surface area contributed by atoms with E-state index in [0.29, 0.717) is 37.9 Å². The molecule has 0 spiro atoms. The van der Waals surface area contributed by atoms with Gasteiger partial charge in [-0.15, -0.1) is 0 Å². The van der Waals surface area contributed by atoms with Crippen LogP contribution in [-0.4, -0.2) is 61.4 Å². The third kappa shape index (κ3) is 33.1. The van der Waals surface area contributed by atoms with Crippen LogP contribution in [0.4, 0.5) is 0 Å². The smallest absolute Gasteiger partial charge is 0.305 e. The average molecular weight is 668 g/mol. The number of unbranched alkanes of at least 4 members (excludes halogenated alkanes) is 16. The fourth-order valence-corrected chi connectivity index (χ4v) is 6.32. The zero-order valence-electron chi connectivity index (χ0n) is 32.0. The molecule has 0 saturated carbocycles. The monoisotopic (exact) mass is 668 g/mol. The van der Waals surface area contributed by atoms with Crippen LogP contribution in [0.1, 0.15) is 201 Å². The third-order valence-corrected chi connectivity index (χ3v) is 9.58. The summed E-state index contributed by atoms with van der Waals surface area (Å²) in [4.78, 5) is 27.2. The van der Waals surface area contributed by atoms with Crippen LogP contribution < -0.4 is 0 Å². The van der Waals surface area contributed by atoms with Crippen molar-refractivity contribution >= 4 is 11.9 Å². The van der Waals surface area contributed by atoms with E-state index in [1.54, 1.807) is 0 Å². The van der Waals surface area contributed by atoms with Crippen molar-refractivity contribution in [3.8, 4) is 0 Å². The first-order chi connectivity index (χ1) is 23.0. The lowest BCUT2D eigenvalue weighted by Gasteiger charge is -2.22. The Labute approximate surface area is 292 Å². The highest BCUT2D eigenvalue weighted by atomic mass is 16.5. The van der Waals surface area contributed by atoms with Gasteiger partial charge in [0.05, 0.1) is 13.2 Å². The molecule has 0 aliphatic carbocycles. The Kier molecular flexibility index (Phi) is 35.3. The number of carbonyl (C=O) groups excluding carboxylic acids is 2. The van der Waals surface area contributed by atoms with Gasteiger partial charge in [0.1, 0.15) is 0 Å². The van der Waals surface area contributed by atoms with Crippen LogP contribution in [0.15, 0.2) is 0 Å². The van der Waals surface area contributed by atoms with Gasteiger partial charge in [-0.25, -0.2) is 0 Å². The number of esters is 2. The van der Waals surface area contributed by atoms with Gasteiger partial charge >= 0.3 is 11.9 Å². The first-order valence-corrected chi connectivity index (χ1v) is 20.6. The molecule has 0 rings (SSSR count). The minimum Gasteiger partial charge on any atom is -0.465 e. The molecule has 6 nitrogen and oxygen atoms in total. The van der Waals surface area contributed by atoms with Gasteiger partial charge in [0.2, 0.25) is 0 Å². The predicted octanol–water partition coefficient (Wildman–Crippen LogP) is 11.2. The summed E-state index contributed by atoms with van der Waals surface area (Å²) in [6.07, 6.45) is 30.5. The van der Waals surface area contributed by atoms with Gasteiger partial charge in [0.15, 0.2) is 0 Å². The van der Waals surface area contributed by atoms with Crippen LogP contribution in [0, 0.1) is 11.8 Å². The SMILES string of the molecule is CCCCCCCCC(CCCCCC)COC(=O)CCCCCN(CCCCO)CCCCCC(=O)OCC(C)CCCCCC. The molecule has 0 aliphatic heterocycles. The van der Waals surface area contributed by atoms with Crippen molar-refractivity contribution < 1.29 is 24.2 Å². The van der Waals surface area contributed by atoms with Crippen molar-refractivity contribution in [3.05, 3.63) is 0 Å². The molecule has 1 N–H and O–H groups in total. The van der Waals surface area contributed by atoms with Gasteiger partial charge in [-0.05, 0) is 89.3 Å². The van der Waals surface area contributed by atoms with Crippen LogP contribution >= 0.6 is 0 Å². The van der Waals surface area contributed by atoms with E-state index in [0.717, 1.165) is 77.4 Å². The van der Waals surface area contributed by atoms with Gasteiger partial charge in [-0.2, -0.15) is 0 Å². The molecule has 2 unspecified atom stereocenters. The Morgan fingerprint density at radius 3 is 1.43 bits per heavy atom. The van der Waals surface area contributed by atoms with Crippen molar-refractivity contribution in [3.63, 3.8) is 0 Å². The third-order valence-electron chi connectivity index (χ3n) is 9.58. The number of ether oxygens (including phenoxy) is 2. The number of rotatable bonds is 37. The summed E-state index contributed by atoms with van der Waals surface area (Å²) in [7, 11) is 0. The Hall–Kier alpha value is -1.14. The molecule has 280 valence electrons. The van der Waals surface area contributed by atoms with Crippen LogP contribution in [0.5, 0.6) is 0 Å². The number of aliphatic hydroxyl groups excluding tert-OH is 1. The summed E-state index contributed by atoms with van der Waals surface area (Å²) in [5, 5.41) is 9.24. The fourth-order valence-electron chi connectivity index (χ4n) is 6.32. The highest BCUT2D eigenvalue weighted by molar-refractivity contribution is 5.69. The standard InChI is InChI=1S/C41H81NO5/c1-5-8-11-14-15-20-29-39(28-19-13-10-7-3)37-47-41(45)31-22-17-24-33-42(34-25-26-35-43)32-23-16-21-30-40(44)46-36-38(4)27-18-12-9-6-2/h38-39,43H,5-37H2,1-4H3. The van der Waals surface area contributed by atoms with Crippen LogP contribution in [0.3, 0.4) is 0 Å². The molecule has 0 amide bonds. The van der Waals surface area contributed by atoms with Crippen LogP contribution in [0.25, 0.3) is 0 Å². The van der Waals surface area contributed by atoms with E-state index in [2.05, 4.69) is 32.6 Å². The van der Waals surface area contributed by atoms with Gasteiger partial charge < -0.3 is 19.5 Å². The minimum absolute atomic E-state index is 0.0220. The molecule has 2 atom stereocenters. The summed E-state index contributed by atoms with van der Waals surface area (Å²) in [5.41, 5.74) is 0. The van der Waals surface area contributed by atoms with Crippen molar-refractivity contribution in [2.24, 2.45) is 11.8 Å². The second-order valence-electron chi connectivity index (χ2n) is 14.5. The molecule has 47 heavy (non-hydrogen) atoms. The highest BCUT2D eigenvalue weighted by Crippen LogP contribution is 2.20. The number of hydrogen-bond donors (Lipinski definition) is 1. The van der Waals surface area contributed by atoms with Gasteiger partial charge in [0, 0.05) is 19.4 Å². The van der Waals surface area contributed by atoms with E-state index in [9.17, 15) is 14.7 Å². The molecule has 0 bridgehead atoms. The molecule has 0 saturated heterocycles. The summed E-state index contributed by atoms with van der Waals surface area (Å²) >= 11 is 0. The Morgan fingerprint density at radius 1 is 0.511 bits per heavy atom. The van der Waals surface area contributed by atoms with E-state index in [1.807, 2.05) is 0 Å². The molecule has 0 heterocycles. The van der Waals surface area contributed by atoms with Crippen LogP contribution in [-0.2, 0) is 19.1 Å². The first kappa shape index (κ1) is 45.9. The number of carbonyl (C=O) groups is 2. The van der Waals surface area contributed by atoms with Crippen LogP contribution in [0.2, 0.25) is 0 Å². The number of nitrogens with zero attached hydrogens (tertiary/aromatic N) is 1. The normalized spacial score (nSPS) is 12.8. The summed E-state index contributed by atoms with van der Waals surface area (Å²) in [6.45, 7) is 13.4. The molecule has 6 heteroatoms. The summed E-state index contributed by atoms with van der Waals surface area (Å²) in [5.74, 6) is 0.898. The molecule has 0 aromatic rings. The summed E-state index contributed by atoms with van der Waals surface area (Å²) in [6, 6.07) is 0. The largest absolute Gasteiger partial charge is 0.465 e. The molecule has 0 aliphatic rings. The van der Waals surface area contributed by atoms with Crippen molar-refractivity contribution in [1.82, 2.24) is 4.90 Å². The Morgan fingerprint density at radius 2 is 0.915 bits per heavy atom. The minimum atomic E-state index is -0.0518. The maximum absolute atomic E-state index is 12.5. The number of hydrogen-bond acceptors (Lipinski definition) is 6. The zero-order valence-corrected chi connectivity index (χ0v) is 32.0. The molecule has 0 radical (unpaired) electrons. The molecule has 0 aromatic heterocycles. The fraction of sp³-hybridized carbons (Fsp3) is 0.951. The van der Waals surface area contributed by atoms with E-state index < -0.39 is 0 Å². The highest BCUT2D eigenvalue weighted by Gasteiger charge is 2.13. The van der Waals surface area contributed by atoms with E-state index >= 15 is 0 Å². The van der Waals surface area contributed by atoms with Crippen molar-refractivity contribution in [2.45, 2.75) is 201 Å².